The summed E-state index contributed by atoms with van der Waals surface area (Å²) in [4.78, 5) is 13.6. The summed E-state index contributed by atoms with van der Waals surface area (Å²) in [5.74, 6) is 2.51. The van der Waals surface area contributed by atoms with E-state index in [9.17, 15) is 0 Å². The minimum Gasteiger partial charge on any atom is -0.495 e. The Kier molecular flexibility index (Phi) is 5.90. The zero-order chi connectivity index (χ0) is 17.5. The monoisotopic (exact) mass is 343 g/mol. The number of nitrogens with one attached hydrogen (secondary N) is 1. The number of anilines is 3. The van der Waals surface area contributed by atoms with Crippen molar-refractivity contribution in [3.63, 3.8) is 0 Å². The average molecular weight is 343 g/mol. The highest BCUT2D eigenvalue weighted by molar-refractivity contribution is 5.59. The Morgan fingerprint density at radius 3 is 2.56 bits per heavy atom. The molecule has 0 saturated carbocycles. The summed E-state index contributed by atoms with van der Waals surface area (Å²) in [7, 11) is 3.40. The molecular weight excluding hydrogens is 318 g/mol. The first-order valence-corrected chi connectivity index (χ1v) is 8.50. The minimum absolute atomic E-state index is 0.650. The molecule has 1 aromatic carbocycles. The maximum Gasteiger partial charge on any atom is 0.227 e. The molecule has 0 radical (unpaired) electrons. The summed E-state index contributed by atoms with van der Waals surface area (Å²) in [6.07, 6.45) is 1.80. The van der Waals surface area contributed by atoms with Crippen LogP contribution in [0.4, 0.5) is 17.5 Å². The molecule has 0 unspecified atom stereocenters. The van der Waals surface area contributed by atoms with Crippen LogP contribution in [0.2, 0.25) is 0 Å². The highest BCUT2D eigenvalue weighted by Gasteiger charge is 2.21. The van der Waals surface area contributed by atoms with Gasteiger partial charge in [0.05, 0.1) is 19.4 Å². The van der Waals surface area contributed by atoms with Crippen molar-refractivity contribution in [1.82, 2.24) is 9.97 Å². The normalized spacial score (nSPS) is 14.5. The largest absolute Gasteiger partial charge is 0.495 e. The molecule has 1 fully saturated rings. The predicted octanol–water partition coefficient (Wildman–Crippen LogP) is 1.87. The molecule has 1 aromatic heterocycles. The predicted molar refractivity (Wildman–Crippen MR) is 99.8 cm³/mol. The Hall–Kier alpha value is -2.54. The second-order valence-corrected chi connectivity index (χ2v) is 5.81. The van der Waals surface area contributed by atoms with Crippen LogP contribution in [0.5, 0.6) is 5.75 Å². The van der Waals surface area contributed by atoms with Gasteiger partial charge in [0.15, 0.2) is 0 Å². The molecule has 25 heavy (non-hydrogen) atoms. The highest BCUT2D eigenvalue weighted by atomic mass is 16.5. The molecule has 2 heterocycles. The van der Waals surface area contributed by atoms with Crippen LogP contribution >= 0.6 is 0 Å². The first-order chi connectivity index (χ1) is 12.3. The zero-order valence-corrected chi connectivity index (χ0v) is 14.8. The van der Waals surface area contributed by atoms with Crippen molar-refractivity contribution in [1.29, 1.82) is 0 Å². The van der Waals surface area contributed by atoms with E-state index in [2.05, 4.69) is 31.2 Å². The van der Waals surface area contributed by atoms with Gasteiger partial charge in [-0.15, -0.1) is 0 Å². The van der Waals surface area contributed by atoms with Crippen molar-refractivity contribution in [3.05, 3.63) is 36.5 Å². The van der Waals surface area contributed by atoms with Crippen LogP contribution in [0.15, 0.2) is 36.5 Å². The van der Waals surface area contributed by atoms with Crippen LogP contribution in [0, 0.1) is 0 Å². The van der Waals surface area contributed by atoms with E-state index in [0.717, 1.165) is 55.9 Å². The summed E-state index contributed by atoms with van der Waals surface area (Å²) in [5, 5.41) is 3.25. The second kappa shape index (κ2) is 8.53. The fourth-order valence-corrected chi connectivity index (χ4v) is 2.92. The van der Waals surface area contributed by atoms with Crippen LogP contribution < -0.4 is 19.9 Å². The van der Waals surface area contributed by atoms with Gasteiger partial charge < -0.3 is 24.6 Å². The standard InChI is InChI=1S/C18H25N5O2/c1-24-14-9-19-17-7-8-20-18(21-17)23-12-10-22(11-13-23)15-5-3-4-6-16(15)25-2/h3-8H,9-14H2,1-2H3,(H,19,20,21). The van der Waals surface area contributed by atoms with Gasteiger partial charge in [-0.1, -0.05) is 12.1 Å². The summed E-state index contributed by atoms with van der Waals surface area (Å²) >= 11 is 0. The third kappa shape index (κ3) is 4.30. The van der Waals surface area contributed by atoms with E-state index in [1.54, 1.807) is 20.4 Å². The van der Waals surface area contributed by atoms with Gasteiger partial charge in [0.25, 0.3) is 0 Å². The molecular formula is C18H25N5O2. The molecule has 0 spiro atoms. The van der Waals surface area contributed by atoms with Gasteiger partial charge in [-0.05, 0) is 18.2 Å². The first-order valence-electron chi connectivity index (χ1n) is 8.50. The Labute approximate surface area is 148 Å². The van der Waals surface area contributed by atoms with Gasteiger partial charge in [-0.25, -0.2) is 4.98 Å². The fraction of sp³-hybridized carbons (Fsp3) is 0.444. The lowest BCUT2D eigenvalue weighted by molar-refractivity contribution is 0.210. The van der Waals surface area contributed by atoms with E-state index in [1.807, 2.05) is 24.3 Å². The number of piperazine rings is 1. The number of hydrogen-bond donors (Lipinski definition) is 1. The molecule has 1 aliphatic rings. The van der Waals surface area contributed by atoms with Crippen LogP contribution in [0.1, 0.15) is 0 Å². The van der Waals surface area contributed by atoms with Crippen LogP contribution in [0.3, 0.4) is 0 Å². The number of benzene rings is 1. The number of ether oxygens (including phenoxy) is 2. The van der Waals surface area contributed by atoms with E-state index in [1.165, 1.54) is 0 Å². The molecule has 1 saturated heterocycles. The van der Waals surface area contributed by atoms with Gasteiger partial charge in [0.1, 0.15) is 11.6 Å². The van der Waals surface area contributed by atoms with E-state index in [4.69, 9.17) is 9.47 Å². The number of aromatic nitrogens is 2. The lowest BCUT2D eigenvalue weighted by Gasteiger charge is -2.36. The fourth-order valence-electron chi connectivity index (χ4n) is 2.92. The number of nitrogens with zero attached hydrogens (tertiary/aromatic N) is 4. The molecule has 7 heteroatoms. The third-order valence-corrected chi connectivity index (χ3v) is 4.24. The number of para-hydroxylation sites is 2. The SMILES string of the molecule is COCCNc1ccnc(N2CCN(c3ccccc3OC)CC2)n1. The minimum atomic E-state index is 0.650. The van der Waals surface area contributed by atoms with Gasteiger partial charge >= 0.3 is 0 Å². The van der Waals surface area contributed by atoms with E-state index in [0.29, 0.717) is 6.61 Å². The average Bonchev–Trinajstić information content (AvgIpc) is 2.68. The number of methoxy groups -OCH3 is 2. The Morgan fingerprint density at radius 1 is 1.04 bits per heavy atom. The third-order valence-electron chi connectivity index (χ3n) is 4.24. The van der Waals surface area contributed by atoms with Crippen molar-refractivity contribution < 1.29 is 9.47 Å². The van der Waals surface area contributed by atoms with E-state index in [-0.39, 0.29) is 0 Å². The molecule has 1 N–H and O–H groups in total. The van der Waals surface area contributed by atoms with Crippen LogP contribution in [0.25, 0.3) is 0 Å². The van der Waals surface area contributed by atoms with Gasteiger partial charge in [0, 0.05) is 46.0 Å². The smallest absolute Gasteiger partial charge is 0.227 e. The van der Waals surface area contributed by atoms with Crippen molar-refractivity contribution in [3.8, 4) is 5.75 Å². The molecule has 0 atom stereocenters. The summed E-state index contributed by atoms with van der Waals surface area (Å²) in [6.45, 7) is 4.95. The maximum absolute atomic E-state index is 5.47. The maximum atomic E-state index is 5.47. The van der Waals surface area contributed by atoms with Gasteiger partial charge in [0.2, 0.25) is 5.95 Å². The lowest BCUT2D eigenvalue weighted by atomic mass is 10.2. The van der Waals surface area contributed by atoms with Crippen molar-refractivity contribution in [2.24, 2.45) is 0 Å². The highest BCUT2D eigenvalue weighted by Crippen LogP contribution is 2.28. The molecule has 3 rings (SSSR count). The number of hydrogen-bond acceptors (Lipinski definition) is 7. The first kappa shape index (κ1) is 17.3. The van der Waals surface area contributed by atoms with Crippen molar-refractivity contribution in [2.75, 3.05) is 68.7 Å². The van der Waals surface area contributed by atoms with E-state index >= 15 is 0 Å². The van der Waals surface area contributed by atoms with Crippen molar-refractivity contribution >= 4 is 17.5 Å². The van der Waals surface area contributed by atoms with Crippen LogP contribution in [-0.2, 0) is 4.74 Å². The molecule has 7 nitrogen and oxygen atoms in total. The van der Waals surface area contributed by atoms with Gasteiger partial charge in [-0.3, -0.25) is 0 Å². The van der Waals surface area contributed by atoms with Crippen molar-refractivity contribution in [2.45, 2.75) is 0 Å². The Bertz CT molecular complexity index is 674. The molecule has 1 aliphatic heterocycles. The Morgan fingerprint density at radius 2 is 1.80 bits per heavy atom. The number of rotatable bonds is 7. The van der Waals surface area contributed by atoms with E-state index < -0.39 is 0 Å². The summed E-state index contributed by atoms with van der Waals surface area (Å²) in [5.41, 5.74) is 1.14. The summed E-state index contributed by atoms with van der Waals surface area (Å²) < 4.78 is 10.5. The molecule has 0 aliphatic carbocycles. The lowest BCUT2D eigenvalue weighted by Crippen LogP contribution is -2.47. The second-order valence-electron chi connectivity index (χ2n) is 5.81. The molecule has 2 aromatic rings. The Balaban J connectivity index is 1.61. The zero-order valence-electron chi connectivity index (χ0n) is 14.8. The van der Waals surface area contributed by atoms with Crippen LogP contribution in [-0.4, -0.2) is 63.5 Å². The molecule has 0 bridgehead atoms. The topological polar surface area (TPSA) is 62.8 Å². The molecule has 0 amide bonds. The quantitative estimate of drug-likeness (QED) is 0.770. The van der Waals surface area contributed by atoms with Gasteiger partial charge in [-0.2, -0.15) is 4.98 Å². The molecule has 134 valence electrons. The summed E-state index contributed by atoms with van der Waals surface area (Å²) in [6, 6.07) is 10.0.